The second-order valence-corrected chi connectivity index (χ2v) is 5.57. The molecule has 4 nitrogen and oxygen atoms in total. The fourth-order valence-corrected chi connectivity index (χ4v) is 2.82. The first-order chi connectivity index (χ1) is 8.93. The molecule has 0 saturated heterocycles. The van der Waals surface area contributed by atoms with Gasteiger partial charge in [0.25, 0.3) is 0 Å². The van der Waals surface area contributed by atoms with Gasteiger partial charge in [-0.3, -0.25) is 4.79 Å². The topological polar surface area (TPSA) is 55.4 Å². The highest BCUT2D eigenvalue weighted by molar-refractivity contribution is 7.99. The zero-order valence-electron chi connectivity index (χ0n) is 10.4. The van der Waals surface area contributed by atoms with Gasteiger partial charge in [0.2, 0.25) is 5.91 Å². The minimum absolute atomic E-state index is 0.298. The summed E-state index contributed by atoms with van der Waals surface area (Å²) in [5.74, 6) is -0.485. The number of esters is 1. The van der Waals surface area contributed by atoms with Gasteiger partial charge in [-0.2, -0.15) is 0 Å². The lowest BCUT2D eigenvalue weighted by Gasteiger charge is -2.15. The molecule has 1 aromatic rings. The Bertz CT molecular complexity index is 482. The van der Waals surface area contributed by atoms with E-state index in [1.807, 2.05) is 0 Å². The van der Waals surface area contributed by atoms with Gasteiger partial charge >= 0.3 is 5.97 Å². The third-order valence-electron chi connectivity index (χ3n) is 2.16. The third kappa shape index (κ3) is 5.30. The van der Waals surface area contributed by atoms with Crippen molar-refractivity contribution in [3.8, 4) is 0 Å². The SMILES string of the molecule is COC(=O)C(CSc1cc(Cl)ccc1Cl)NC(C)=O. The molecule has 1 amide bonds. The lowest BCUT2D eigenvalue weighted by molar-refractivity contribution is -0.144. The van der Waals surface area contributed by atoms with Gasteiger partial charge in [-0.1, -0.05) is 23.2 Å². The van der Waals surface area contributed by atoms with Crippen molar-refractivity contribution >= 4 is 46.8 Å². The molecule has 0 aromatic heterocycles. The molecular formula is C12H13Cl2NO3S. The van der Waals surface area contributed by atoms with Crippen LogP contribution in [0.4, 0.5) is 0 Å². The maximum absolute atomic E-state index is 11.5. The number of rotatable bonds is 5. The fourth-order valence-electron chi connectivity index (χ4n) is 1.32. The first-order valence-electron chi connectivity index (χ1n) is 5.37. The van der Waals surface area contributed by atoms with E-state index in [1.165, 1.54) is 25.8 Å². The minimum atomic E-state index is -0.720. The van der Waals surface area contributed by atoms with Crippen LogP contribution < -0.4 is 5.32 Å². The van der Waals surface area contributed by atoms with E-state index in [4.69, 9.17) is 23.2 Å². The third-order valence-corrected chi connectivity index (χ3v) is 3.99. The molecule has 19 heavy (non-hydrogen) atoms. The van der Waals surface area contributed by atoms with Crippen LogP contribution in [0.15, 0.2) is 23.1 Å². The van der Waals surface area contributed by atoms with Gasteiger partial charge < -0.3 is 10.1 Å². The predicted molar refractivity (Wildman–Crippen MR) is 76.8 cm³/mol. The highest BCUT2D eigenvalue weighted by atomic mass is 35.5. The summed E-state index contributed by atoms with van der Waals surface area (Å²) in [6.45, 7) is 1.34. The number of carbonyl (C=O) groups excluding carboxylic acids is 2. The zero-order valence-corrected chi connectivity index (χ0v) is 12.7. The predicted octanol–water partition coefficient (Wildman–Crippen LogP) is 2.76. The minimum Gasteiger partial charge on any atom is -0.467 e. The molecule has 1 rings (SSSR count). The summed E-state index contributed by atoms with van der Waals surface area (Å²) in [5.41, 5.74) is 0. The molecule has 0 aliphatic heterocycles. The van der Waals surface area contributed by atoms with E-state index in [-0.39, 0.29) is 5.91 Å². The number of benzene rings is 1. The summed E-state index contributed by atoms with van der Waals surface area (Å²) in [7, 11) is 1.27. The van der Waals surface area contributed by atoms with Crippen molar-refractivity contribution in [3.63, 3.8) is 0 Å². The van der Waals surface area contributed by atoms with Crippen LogP contribution in [0.3, 0.4) is 0 Å². The molecule has 0 radical (unpaired) electrons. The van der Waals surface area contributed by atoms with Crippen LogP contribution in [0.25, 0.3) is 0 Å². The van der Waals surface area contributed by atoms with Gasteiger partial charge in [0, 0.05) is 22.6 Å². The second kappa shape index (κ2) is 7.62. The average Bonchev–Trinajstić information content (AvgIpc) is 2.36. The average molecular weight is 322 g/mol. The highest BCUT2D eigenvalue weighted by Gasteiger charge is 2.20. The van der Waals surface area contributed by atoms with Crippen molar-refractivity contribution < 1.29 is 14.3 Å². The molecule has 1 aromatic carbocycles. The van der Waals surface area contributed by atoms with Crippen LogP contribution in [0.5, 0.6) is 0 Å². The van der Waals surface area contributed by atoms with E-state index in [9.17, 15) is 9.59 Å². The summed E-state index contributed by atoms with van der Waals surface area (Å²) < 4.78 is 4.63. The van der Waals surface area contributed by atoms with Gasteiger partial charge in [-0.25, -0.2) is 4.79 Å². The van der Waals surface area contributed by atoms with Crippen molar-refractivity contribution in [1.82, 2.24) is 5.32 Å². The molecule has 0 fully saturated rings. The van der Waals surface area contributed by atoms with Crippen LogP contribution in [-0.2, 0) is 14.3 Å². The monoisotopic (exact) mass is 321 g/mol. The number of thioether (sulfide) groups is 1. The maximum atomic E-state index is 11.5. The van der Waals surface area contributed by atoms with Crippen LogP contribution in [-0.4, -0.2) is 30.8 Å². The molecule has 0 aliphatic carbocycles. The number of amides is 1. The number of methoxy groups -OCH3 is 1. The van der Waals surface area contributed by atoms with Crippen molar-refractivity contribution in [1.29, 1.82) is 0 Å². The number of halogens is 2. The lowest BCUT2D eigenvalue weighted by Crippen LogP contribution is -2.42. The Hall–Kier alpha value is -0.910. The summed E-state index contributed by atoms with van der Waals surface area (Å²) in [6, 6.07) is 4.34. The van der Waals surface area contributed by atoms with E-state index >= 15 is 0 Å². The summed E-state index contributed by atoms with van der Waals surface area (Å²) in [6.07, 6.45) is 0. The molecule has 7 heteroatoms. The molecule has 0 heterocycles. The molecule has 104 valence electrons. The number of nitrogens with one attached hydrogen (secondary N) is 1. The number of ether oxygens (including phenoxy) is 1. The Balaban J connectivity index is 2.72. The number of carbonyl (C=O) groups is 2. The summed E-state index contributed by atoms with van der Waals surface area (Å²) in [4.78, 5) is 23.3. The second-order valence-electron chi connectivity index (χ2n) is 3.66. The fraction of sp³-hybridized carbons (Fsp3) is 0.333. The standard InChI is InChI=1S/C12H13Cl2NO3S/c1-7(16)15-10(12(17)18-2)6-19-11-5-8(13)3-4-9(11)14/h3-5,10H,6H2,1-2H3,(H,15,16). The van der Waals surface area contributed by atoms with E-state index in [0.29, 0.717) is 15.8 Å². The Morgan fingerprint density at radius 3 is 2.68 bits per heavy atom. The first kappa shape index (κ1) is 16.1. The van der Waals surface area contributed by atoms with Crippen molar-refractivity contribution in [3.05, 3.63) is 28.2 Å². The van der Waals surface area contributed by atoms with Crippen LogP contribution in [0.1, 0.15) is 6.92 Å². The maximum Gasteiger partial charge on any atom is 0.329 e. The van der Waals surface area contributed by atoms with Crippen LogP contribution >= 0.6 is 35.0 Å². The Labute approximate surface area is 125 Å². The lowest BCUT2D eigenvalue weighted by atomic mass is 10.3. The molecule has 0 aliphatic rings. The van der Waals surface area contributed by atoms with Crippen molar-refractivity contribution in [2.45, 2.75) is 17.9 Å². The molecule has 0 saturated carbocycles. The normalized spacial score (nSPS) is 11.8. The smallest absolute Gasteiger partial charge is 0.329 e. The summed E-state index contributed by atoms with van der Waals surface area (Å²) >= 11 is 13.2. The molecule has 0 bridgehead atoms. The van der Waals surface area contributed by atoms with E-state index < -0.39 is 12.0 Å². The van der Waals surface area contributed by atoms with Crippen molar-refractivity contribution in [2.24, 2.45) is 0 Å². The van der Waals surface area contributed by atoms with E-state index in [2.05, 4.69) is 10.1 Å². The quantitative estimate of drug-likeness (QED) is 0.669. The first-order valence-corrected chi connectivity index (χ1v) is 7.11. The molecule has 1 unspecified atom stereocenters. The molecule has 1 N–H and O–H groups in total. The van der Waals surface area contributed by atoms with E-state index in [0.717, 1.165) is 4.90 Å². The van der Waals surface area contributed by atoms with Gasteiger partial charge in [-0.05, 0) is 18.2 Å². The molecular weight excluding hydrogens is 309 g/mol. The molecule has 1 atom stereocenters. The van der Waals surface area contributed by atoms with Gasteiger partial charge in [0.1, 0.15) is 6.04 Å². The van der Waals surface area contributed by atoms with Crippen LogP contribution in [0.2, 0.25) is 10.0 Å². The molecule has 0 spiro atoms. The largest absolute Gasteiger partial charge is 0.467 e. The van der Waals surface area contributed by atoms with Gasteiger partial charge in [-0.15, -0.1) is 11.8 Å². The Kier molecular flexibility index (Phi) is 6.48. The Morgan fingerprint density at radius 2 is 2.11 bits per heavy atom. The van der Waals surface area contributed by atoms with E-state index in [1.54, 1.807) is 18.2 Å². The van der Waals surface area contributed by atoms with Crippen molar-refractivity contribution in [2.75, 3.05) is 12.9 Å². The summed E-state index contributed by atoms with van der Waals surface area (Å²) in [5, 5.41) is 3.62. The number of hydrogen-bond donors (Lipinski definition) is 1. The van der Waals surface area contributed by atoms with Gasteiger partial charge in [0.05, 0.1) is 12.1 Å². The van der Waals surface area contributed by atoms with Gasteiger partial charge in [0.15, 0.2) is 0 Å². The highest BCUT2D eigenvalue weighted by Crippen LogP contribution is 2.30. The number of hydrogen-bond acceptors (Lipinski definition) is 4. The Morgan fingerprint density at radius 1 is 1.42 bits per heavy atom. The van der Waals surface area contributed by atoms with Crippen LogP contribution in [0, 0.1) is 0 Å². The zero-order chi connectivity index (χ0) is 14.4.